The van der Waals surface area contributed by atoms with Crippen molar-refractivity contribution in [2.45, 2.75) is 39.9 Å². The zero-order valence-electron chi connectivity index (χ0n) is 10.4. The molecule has 0 atom stereocenters. The molecule has 0 aliphatic heterocycles. The lowest BCUT2D eigenvalue weighted by atomic mass is 10.3. The molecule has 0 aliphatic rings. The Kier molecular flexibility index (Phi) is 4.34. The predicted octanol–water partition coefficient (Wildman–Crippen LogP) is 2.82. The number of rotatable bonds is 6. The lowest BCUT2D eigenvalue weighted by molar-refractivity contribution is 0.632. The maximum Gasteiger partial charge on any atom is 0.0948 e. The van der Waals surface area contributed by atoms with Gasteiger partial charge in [0.1, 0.15) is 0 Å². The third kappa shape index (κ3) is 3.17. The van der Waals surface area contributed by atoms with Gasteiger partial charge in [0, 0.05) is 35.6 Å². The molecule has 0 saturated heterocycles. The number of nitrogens with one attached hydrogen (secondary N) is 1. The molecule has 0 amide bonds. The van der Waals surface area contributed by atoms with Gasteiger partial charge in [0.2, 0.25) is 0 Å². The van der Waals surface area contributed by atoms with E-state index in [4.69, 9.17) is 0 Å². The lowest BCUT2D eigenvalue weighted by Gasteiger charge is -2.05. The SMILES string of the molecule is CCc1ccc(CNCc2cncn2CC)s1. The molecule has 0 aromatic carbocycles. The summed E-state index contributed by atoms with van der Waals surface area (Å²) in [6.45, 7) is 7.14. The standard InChI is InChI=1S/C13H19N3S/c1-3-12-5-6-13(17-12)9-14-7-11-8-15-10-16(11)4-2/h5-6,8,10,14H,3-4,7,9H2,1-2H3. The Morgan fingerprint density at radius 1 is 1.24 bits per heavy atom. The van der Waals surface area contributed by atoms with Crippen LogP contribution < -0.4 is 5.32 Å². The Labute approximate surface area is 107 Å². The van der Waals surface area contributed by atoms with Gasteiger partial charge in [-0.3, -0.25) is 0 Å². The molecule has 0 spiro atoms. The van der Waals surface area contributed by atoms with Crippen LogP contribution >= 0.6 is 11.3 Å². The van der Waals surface area contributed by atoms with Gasteiger partial charge >= 0.3 is 0 Å². The predicted molar refractivity (Wildman–Crippen MR) is 72.1 cm³/mol. The van der Waals surface area contributed by atoms with Crippen molar-refractivity contribution in [1.82, 2.24) is 14.9 Å². The van der Waals surface area contributed by atoms with Crippen molar-refractivity contribution in [2.75, 3.05) is 0 Å². The van der Waals surface area contributed by atoms with Crippen molar-refractivity contribution in [1.29, 1.82) is 0 Å². The third-order valence-electron chi connectivity index (χ3n) is 2.81. The van der Waals surface area contributed by atoms with Gasteiger partial charge in [-0.15, -0.1) is 11.3 Å². The topological polar surface area (TPSA) is 29.9 Å². The molecular formula is C13H19N3S. The minimum absolute atomic E-state index is 0.882. The lowest BCUT2D eigenvalue weighted by Crippen LogP contribution is -2.14. The molecule has 2 aromatic heterocycles. The Morgan fingerprint density at radius 3 is 2.76 bits per heavy atom. The molecule has 0 unspecified atom stereocenters. The van der Waals surface area contributed by atoms with Crippen molar-refractivity contribution in [3.63, 3.8) is 0 Å². The molecular weight excluding hydrogens is 230 g/mol. The van der Waals surface area contributed by atoms with Gasteiger partial charge < -0.3 is 9.88 Å². The average molecular weight is 249 g/mol. The van der Waals surface area contributed by atoms with Crippen LogP contribution in [0.25, 0.3) is 0 Å². The molecule has 92 valence electrons. The third-order valence-corrected chi connectivity index (χ3v) is 4.04. The smallest absolute Gasteiger partial charge is 0.0948 e. The molecule has 0 fully saturated rings. The fourth-order valence-electron chi connectivity index (χ4n) is 1.80. The number of aromatic nitrogens is 2. The van der Waals surface area contributed by atoms with Crippen molar-refractivity contribution >= 4 is 11.3 Å². The van der Waals surface area contributed by atoms with Crippen LogP contribution in [0.3, 0.4) is 0 Å². The maximum atomic E-state index is 4.16. The highest BCUT2D eigenvalue weighted by Crippen LogP contribution is 2.16. The molecule has 0 radical (unpaired) electrons. The molecule has 17 heavy (non-hydrogen) atoms. The van der Waals surface area contributed by atoms with Crippen LogP contribution in [0, 0.1) is 0 Å². The summed E-state index contributed by atoms with van der Waals surface area (Å²) in [5.74, 6) is 0. The van der Waals surface area contributed by atoms with E-state index in [1.54, 1.807) is 0 Å². The number of hydrogen-bond donors (Lipinski definition) is 1. The second-order valence-corrected chi connectivity index (χ2v) is 5.25. The Balaban J connectivity index is 1.83. The normalized spacial score (nSPS) is 10.9. The summed E-state index contributed by atoms with van der Waals surface area (Å²) in [4.78, 5) is 7.03. The van der Waals surface area contributed by atoms with Gasteiger partial charge in [-0.1, -0.05) is 6.92 Å². The van der Waals surface area contributed by atoms with Crippen molar-refractivity contribution in [2.24, 2.45) is 0 Å². The van der Waals surface area contributed by atoms with Crippen LogP contribution in [0.2, 0.25) is 0 Å². The van der Waals surface area contributed by atoms with E-state index in [1.165, 1.54) is 15.4 Å². The molecule has 0 saturated carbocycles. The minimum Gasteiger partial charge on any atom is -0.334 e. The first-order valence-corrected chi connectivity index (χ1v) is 6.92. The van der Waals surface area contributed by atoms with Crippen molar-refractivity contribution < 1.29 is 0 Å². The van der Waals surface area contributed by atoms with Crippen LogP contribution in [0.15, 0.2) is 24.7 Å². The highest BCUT2D eigenvalue weighted by Gasteiger charge is 2.01. The molecule has 3 nitrogen and oxygen atoms in total. The van der Waals surface area contributed by atoms with Crippen LogP contribution in [-0.4, -0.2) is 9.55 Å². The van der Waals surface area contributed by atoms with Crippen LogP contribution in [-0.2, 0) is 26.1 Å². The molecule has 0 aliphatic carbocycles. The highest BCUT2D eigenvalue weighted by molar-refractivity contribution is 7.11. The van der Waals surface area contributed by atoms with Crippen molar-refractivity contribution in [3.05, 3.63) is 40.1 Å². The first kappa shape index (κ1) is 12.3. The van der Waals surface area contributed by atoms with E-state index in [1.807, 2.05) is 23.9 Å². The molecule has 2 rings (SSSR count). The van der Waals surface area contributed by atoms with Gasteiger partial charge in [-0.2, -0.15) is 0 Å². The highest BCUT2D eigenvalue weighted by atomic mass is 32.1. The maximum absolute atomic E-state index is 4.16. The number of aryl methyl sites for hydroxylation is 2. The number of imidazole rings is 1. The van der Waals surface area contributed by atoms with Gasteiger partial charge in [-0.25, -0.2) is 4.98 Å². The Bertz CT molecular complexity index is 459. The van der Waals surface area contributed by atoms with E-state index in [0.717, 1.165) is 26.1 Å². The molecule has 2 aromatic rings. The van der Waals surface area contributed by atoms with E-state index in [0.29, 0.717) is 0 Å². The molecule has 0 bridgehead atoms. The minimum atomic E-state index is 0.882. The van der Waals surface area contributed by atoms with E-state index < -0.39 is 0 Å². The van der Waals surface area contributed by atoms with Gasteiger partial charge in [0.15, 0.2) is 0 Å². The second-order valence-electron chi connectivity index (χ2n) is 4.00. The van der Waals surface area contributed by atoms with Crippen molar-refractivity contribution in [3.8, 4) is 0 Å². The first-order valence-electron chi connectivity index (χ1n) is 6.10. The average Bonchev–Trinajstić information content (AvgIpc) is 2.97. The van der Waals surface area contributed by atoms with Crippen LogP contribution in [0.5, 0.6) is 0 Å². The zero-order valence-corrected chi connectivity index (χ0v) is 11.3. The van der Waals surface area contributed by atoms with Crippen LogP contribution in [0.1, 0.15) is 29.3 Å². The van der Waals surface area contributed by atoms with Gasteiger partial charge in [-0.05, 0) is 25.5 Å². The van der Waals surface area contributed by atoms with Crippen LogP contribution in [0.4, 0.5) is 0 Å². The number of hydrogen-bond acceptors (Lipinski definition) is 3. The fraction of sp³-hybridized carbons (Fsp3) is 0.462. The summed E-state index contributed by atoms with van der Waals surface area (Å²) in [7, 11) is 0. The number of thiophene rings is 1. The zero-order chi connectivity index (χ0) is 12.1. The van der Waals surface area contributed by atoms with E-state index in [-0.39, 0.29) is 0 Å². The Morgan fingerprint density at radius 2 is 2.06 bits per heavy atom. The monoisotopic (exact) mass is 249 g/mol. The summed E-state index contributed by atoms with van der Waals surface area (Å²) in [6, 6.07) is 4.44. The summed E-state index contributed by atoms with van der Waals surface area (Å²) >= 11 is 1.90. The fourth-order valence-corrected chi connectivity index (χ4v) is 2.73. The summed E-state index contributed by atoms with van der Waals surface area (Å²) in [5, 5.41) is 3.47. The van der Waals surface area contributed by atoms with E-state index in [2.05, 4.69) is 40.8 Å². The first-order chi connectivity index (χ1) is 8.33. The Hall–Kier alpha value is -1.13. The molecule has 1 N–H and O–H groups in total. The van der Waals surface area contributed by atoms with Gasteiger partial charge in [0.05, 0.1) is 12.0 Å². The quantitative estimate of drug-likeness (QED) is 0.853. The largest absolute Gasteiger partial charge is 0.334 e. The number of nitrogens with zero attached hydrogens (tertiary/aromatic N) is 2. The second kappa shape index (κ2) is 5.98. The van der Waals surface area contributed by atoms with E-state index in [9.17, 15) is 0 Å². The molecule has 4 heteroatoms. The summed E-state index contributed by atoms with van der Waals surface area (Å²) < 4.78 is 2.17. The van der Waals surface area contributed by atoms with E-state index >= 15 is 0 Å². The van der Waals surface area contributed by atoms with Gasteiger partial charge in [0.25, 0.3) is 0 Å². The summed E-state index contributed by atoms with van der Waals surface area (Å²) in [6.07, 6.45) is 4.95. The summed E-state index contributed by atoms with van der Waals surface area (Å²) in [5.41, 5.74) is 1.25. The molecule has 2 heterocycles.